The summed E-state index contributed by atoms with van der Waals surface area (Å²) in [5.74, 6) is 0.0661. The van der Waals surface area contributed by atoms with E-state index in [1.807, 2.05) is 11.9 Å². The van der Waals surface area contributed by atoms with Crippen molar-refractivity contribution >= 4 is 5.91 Å². The first-order chi connectivity index (χ1) is 9.22. The Kier molecular flexibility index (Phi) is 4.57. The lowest BCUT2D eigenvalue weighted by Crippen LogP contribution is -2.36. The third-order valence-electron chi connectivity index (χ3n) is 3.95. The number of nitriles is 1. The molecule has 0 radical (unpaired) electrons. The molecule has 19 heavy (non-hydrogen) atoms. The lowest BCUT2D eigenvalue weighted by atomic mass is 10.1. The van der Waals surface area contributed by atoms with E-state index in [9.17, 15) is 4.79 Å². The van der Waals surface area contributed by atoms with Crippen molar-refractivity contribution in [2.45, 2.75) is 44.6 Å². The molecule has 0 spiro atoms. The molecular formula is C16H20N2O. The first-order valence-corrected chi connectivity index (χ1v) is 6.99. The molecule has 0 unspecified atom stereocenters. The molecule has 0 aromatic heterocycles. The van der Waals surface area contributed by atoms with E-state index >= 15 is 0 Å². The Morgan fingerprint density at radius 1 is 1.16 bits per heavy atom. The summed E-state index contributed by atoms with van der Waals surface area (Å²) in [5.41, 5.74) is 1.26. The van der Waals surface area contributed by atoms with Crippen LogP contribution in [0, 0.1) is 11.3 Å². The van der Waals surface area contributed by atoms with Crippen LogP contribution in [-0.2, 0) is 0 Å². The van der Waals surface area contributed by atoms with Gasteiger partial charge < -0.3 is 4.90 Å². The van der Waals surface area contributed by atoms with Gasteiger partial charge in [0.2, 0.25) is 0 Å². The minimum absolute atomic E-state index is 0.0661. The quantitative estimate of drug-likeness (QED) is 0.762. The highest BCUT2D eigenvalue weighted by atomic mass is 16.2. The van der Waals surface area contributed by atoms with E-state index in [4.69, 9.17) is 5.26 Å². The van der Waals surface area contributed by atoms with Gasteiger partial charge in [-0.2, -0.15) is 5.26 Å². The maximum Gasteiger partial charge on any atom is 0.253 e. The van der Waals surface area contributed by atoms with Crippen LogP contribution in [0.3, 0.4) is 0 Å². The average molecular weight is 256 g/mol. The van der Waals surface area contributed by atoms with Crippen molar-refractivity contribution in [2.75, 3.05) is 7.05 Å². The SMILES string of the molecule is CN(C(=O)c1ccc(C#N)cc1)C1CCCCCC1. The summed E-state index contributed by atoms with van der Waals surface area (Å²) in [6.07, 6.45) is 7.23. The largest absolute Gasteiger partial charge is 0.339 e. The maximum absolute atomic E-state index is 12.4. The van der Waals surface area contributed by atoms with E-state index in [1.54, 1.807) is 24.3 Å². The standard InChI is InChI=1S/C16H20N2O/c1-18(15-6-4-2-3-5-7-15)16(19)14-10-8-13(12-17)9-11-14/h8-11,15H,2-7H2,1H3. The Hall–Kier alpha value is -1.82. The fourth-order valence-electron chi connectivity index (χ4n) is 2.70. The van der Waals surface area contributed by atoms with Gasteiger partial charge in [0.15, 0.2) is 0 Å². The van der Waals surface area contributed by atoms with Gasteiger partial charge in [-0.1, -0.05) is 25.7 Å². The Bertz CT molecular complexity index is 465. The Labute approximate surface area is 114 Å². The molecule has 0 bridgehead atoms. The van der Waals surface area contributed by atoms with E-state index in [1.165, 1.54) is 25.7 Å². The summed E-state index contributed by atoms with van der Waals surface area (Å²) < 4.78 is 0. The van der Waals surface area contributed by atoms with E-state index in [0.29, 0.717) is 17.2 Å². The minimum Gasteiger partial charge on any atom is -0.339 e. The summed E-state index contributed by atoms with van der Waals surface area (Å²) in [6.45, 7) is 0. The van der Waals surface area contributed by atoms with Gasteiger partial charge in [-0.25, -0.2) is 0 Å². The zero-order valence-electron chi connectivity index (χ0n) is 11.4. The summed E-state index contributed by atoms with van der Waals surface area (Å²) in [4.78, 5) is 14.3. The average Bonchev–Trinajstić information content (AvgIpc) is 2.75. The van der Waals surface area contributed by atoms with Crippen LogP contribution < -0.4 is 0 Å². The molecule has 1 amide bonds. The lowest BCUT2D eigenvalue weighted by Gasteiger charge is -2.27. The molecule has 1 aromatic rings. The van der Waals surface area contributed by atoms with Gasteiger partial charge in [-0.05, 0) is 37.1 Å². The van der Waals surface area contributed by atoms with Gasteiger partial charge in [0.05, 0.1) is 11.6 Å². The molecular weight excluding hydrogens is 236 g/mol. The second-order valence-corrected chi connectivity index (χ2v) is 5.25. The van der Waals surface area contributed by atoms with Crippen LogP contribution in [-0.4, -0.2) is 23.9 Å². The van der Waals surface area contributed by atoms with Crippen LogP contribution in [0.25, 0.3) is 0 Å². The number of nitrogens with zero attached hydrogens (tertiary/aromatic N) is 2. The minimum atomic E-state index is 0.0661. The smallest absolute Gasteiger partial charge is 0.253 e. The first-order valence-electron chi connectivity index (χ1n) is 6.99. The van der Waals surface area contributed by atoms with E-state index in [0.717, 1.165) is 12.8 Å². The summed E-state index contributed by atoms with van der Waals surface area (Å²) in [5, 5.41) is 8.77. The topological polar surface area (TPSA) is 44.1 Å². The zero-order chi connectivity index (χ0) is 13.7. The molecule has 0 N–H and O–H groups in total. The molecule has 0 atom stereocenters. The van der Waals surface area contributed by atoms with E-state index in [-0.39, 0.29) is 5.91 Å². The molecule has 100 valence electrons. The third-order valence-corrected chi connectivity index (χ3v) is 3.95. The van der Waals surface area contributed by atoms with Gasteiger partial charge >= 0.3 is 0 Å². The number of hydrogen-bond acceptors (Lipinski definition) is 2. The van der Waals surface area contributed by atoms with Crippen molar-refractivity contribution in [1.29, 1.82) is 5.26 Å². The molecule has 1 aliphatic carbocycles. The summed E-state index contributed by atoms with van der Waals surface area (Å²) in [7, 11) is 1.90. The van der Waals surface area contributed by atoms with Crippen molar-refractivity contribution in [1.82, 2.24) is 4.90 Å². The molecule has 1 fully saturated rings. The number of amides is 1. The highest BCUT2D eigenvalue weighted by Gasteiger charge is 2.21. The highest BCUT2D eigenvalue weighted by Crippen LogP contribution is 2.22. The van der Waals surface area contributed by atoms with Crippen LogP contribution in [0.2, 0.25) is 0 Å². The Morgan fingerprint density at radius 3 is 2.26 bits per heavy atom. The van der Waals surface area contributed by atoms with Gasteiger partial charge in [-0.3, -0.25) is 4.79 Å². The number of carbonyl (C=O) groups excluding carboxylic acids is 1. The number of hydrogen-bond donors (Lipinski definition) is 0. The number of rotatable bonds is 2. The third kappa shape index (κ3) is 3.35. The maximum atomic E-state index is 12.4. The van der Waals surface area contributed by atoms with Crippen LogP contribution >= 0.6 is 0 Å². The molecule has 1 aliphatic rings. The highest BCUT2D eigenvalue weighted by molar-refractivity contribution is 5.94. The second-order valence-electron chi connectivity index (χ2n) is 5.25. The number of carbonyl (C=O) groups is 1. The van der Waals surface area contributed by atoms with Gasteiger partial charge in [-0.15, -0.1) is 0 Å². The molecule has 0 heterocycles. The first kappa shape index (κ1) is 13.6. The lowest BCUT2D eigenvalue weighted by molar-refractivity contribution is 0.0717. The molecule has 0 saturated heterocycles. The predicted octanol–water partition coefficient (Wildman–Crippen LogP) is 3.35. The predicted molar refractivity (Wildman–Crippen MR) is 74.7 cm³/mol. The Morgan fingerprint density at radius 2 is 1.74 bits per heavy atom. The van der Waals surface area contributed by atoms with Crippen LogP contribution in [0.5, 0.6) is 0 Å². The number of benzene rings is 1. The molecule has 1 aromatic carbocycles. The van der Waals surface area contributed by atoms with Gasteiger partial charge in [0.1, 0.15) is 0 Å². The van der Waals surface area contributed by atoms with E-state index < -0.39 is 0 Å². The van der Waals surface area contributed by atoms with Crippen molar-refractivity contribution < 1.29 is 4.79 Å². The zero-order valence-corrected chi connectivity index (χ0v) is 11.4. The van der Waals surface area contributed by atoms with Crippen molar-refractivity contribution in [2.24, 2.45) is 0 Å². The fraction of sp³-hybridized carbons (Fsp3) is 0.500. The fourth-order valence-corrected chi connectivity index (χ4v) is 2.70. The monoisotopic (exact) mass is 256 g/mol. The molecule has 1 saturated carbocycles. The van der Waals surface area contributed by atoms with Gasteiger partial charge in [0, 0.05) is 18.7 Å². The van der Waals surface area contributed by atoms with Crippen LogP contribution in [0.15, 0.2) is 24.3 Å². The van der Waals surface area contributed by atoms with Gasteiger partial charge in [0.25, 0.3) is 5.91 Å². The van der Waals surface area contributed by atoms with Crippen molar-refractivity contribution in [3.05, 3.63) is 35.4 Å². The summed E-state index contributed by atoms with van der Waals surface area (Å²) in [6, 6.07) is 9.33. The molecule has 3 heteroatoms. The molecule has 2 rings (SSSR count). The van der Waals surface area contributed by atoms with Crippen molar-refractivity contribution in [3.8, 4) is 6.07 Å². The van der Waals surface area contributed by atoms with Crippen molar-refractivity contribution in [3.63, 3.8) is 0 Å². The van der Waals surface area contributed by atoms with Crippen LogP contribution in [0.1, 0.15) is 54.4 Å². The second kappa shape index (κ2) is 6.38. The van der Waals surface area contributed by atoms with E-state index in [2.05, 4.69) is 6.07 Å². The van der Waals surface area contributed by atoms with Crippen LogP contribution in [0.4, 0.5) is 0 Å². The Balaban J connectivity index is 2.06. The summed E-state index contributed by atoms with van der Waals surface area (Å²) >= 11 is 0. The normalized spacial score (nSPS) is 16.4. The molecule has 3 nitrogen and oxygen atoms in total. The molecule has 0 aliphatic heterocycles.